The molecule has 1 unspecified atom stereocenters. The Kier molecular flexibility index (Phi) is 5.27. The highest BCUT2D eigenvalue weighted by molar-refractivity contribution is 6.11. The van der Waals surface area contributed by atoms with Gasteiger partial charge in [-0.3, -0.25) is 9.59 Å². The van der Waals surface area contributed by atoms with Crippen molar-refractivity contribution >= 4 is 17.9 Å². The summed E-state index contributed by atoms with van der Waals surface area (Å²) in [5, 5.41) is 7.34. The number of rotatable bonds is 5. The number of carbonyl (C=O) groups is 2. The van der Waals surface area contributed by atoms with Crippen LogP contribution in [-0.2, 0) is 25.2 Å². The van der Waals surface area contributed by atoms with E-state index in [2.05, 4.69) is 10.2 Å². The molecule has 6 nitrogen and oxygen atoms in total. The molecular formula is C24H18F6N4O2. The molecule has 1 fully saturated rings. The lowest BCUT2D eigenvalue weighted by Crippen LogP contribution is -2.53. The molecule has 0 saturated heterocycles. The van der Waals surface area contributed by atoms with Gasteiger partial charge in [-0.25, -0.2) is 13.2 Å². The van der Waals surface area contributed by atoms with Crippen molar-refractivity contribution in [1.29, 1.82) is 0 Å². The Labute approximate surface area is 200 Å². The first-order chi connectivity index (χ1) is 16.9. The van der Waals surface area contributed by atoms with Gasteiger partial charge in [0.25, 0.3) is 5.91 Å². The maximum atomic E-state index is 16.0. The van der Waals surface area contributed by atoms with Crippen molar-refractivity contribution in [1.82, 2.24) is 14.8 Å². The largest absolute Gasteiger partial charge is 0.416 e. The van der Waals surface area contributed by atoms with E-state index >= 15 is 4.39 Å². The van der Waals surface area contributed by atoms with Gasteiger partial charge in [-0.15, -0.1) is 10.2 Å². The smallest absolute Gasteiger partial charge is 0.318 e. The van der Waals surface area contributed by atoms with E-state index in [4.69, 9.17) is 0 Å². The predicted molar refractivity (Wildman–Crippen MR) is 114 cm³/mol. The summed E-state index contributed by atoms with van der Waals surface area (Å²) in [6.07, 6.45) is -7.21. The molecule has 0 spiro atoms. The van der Waals surface area contributed by atoms with Gasteiger partial charge in [0, 0.05) is 42.1 Å². The number of alkyl halides is 6. The molecule has 1 aliphatic carbocycles. The number of benzene rings is 2. The van der Waals surface area contributed by atoms with Crippen molar-refractivity contribution < 1.29 is 35.9 Å². The van der Waals surface area contributed by atoms with Gasteiger partial charge in [-0.2, -0.15) is 13.2 Å². The topological polar surface area (TPSA) is 68.1 Å². The van der Waals surface area contributed by atoms with Crippen LogP contribution in [0.3, 0.4) is 0 Å². The minimum atomic E-state index is -4.84. The Balaban J connectivity index is 1.63. The quantitative estimate of drug-likeness (QED) is 0.352. The third-order valence-corrected chi connectivity index (χ3v) is 6.84. The third-order valence-electron chi connectivity index (χ3n) is 6.84. The maximum absolute atomic E-state index is 16.0. The van der Waals surface area contributed by atoms with Gasteiger partial charge in [0.1, 0.15) is 12.6 Å². The second-order valence-electron chi connectivity index (χ2n) is 9.15. The number of halogens is 6. The number of anilines is 1. The molecule has 3 aromatic rings. The van der Waals surface area contributed by atoms with Crippen LogP contribution in [0.1, 0.15) is 62.2 Å². The fraction of sp³-hybridized carbons (Fsp3) is 0.333. The minimum Gasteiger partial charge on any atom is -0.318 e. The molecule has 0 N–H and O–H groups in total. The van der Waals surface area contributed by atoms with E-state index < -0.39 is 54.5 Å². The number of hydrogen-bond donors (Lipinski definition) is 0. The summed E-state index contributed by atoms with van der Waals surface area (Å²) >= 11 is 0. The normalized spacial score (nSPS) is 19.1. The Morgan fingerprint density at radius 2 is 1.83 bits per heavy atom. The first-order valence-corrected chi connectivity index (χ1v) is 10.8. The van der Waals surface area contributed by atoms with Crippen molar-refractivity contribution in [2.45, 2.75) is 43.1 Å². The van der Waals surface area contributed by atoms with Gasteiger partial charge in [-0.05, 0) is 29.3 Å². The molecule has 1 aliphatic heterocycles. The zero-order valence-corrected chi connectivity index (χ0v) is 18.7. The number of para-hydroxylation sites is 1. The lowest BCUT2D eigenvalue weighted by molar-refractivity contribution is -0.150. The first kappa shape index (κ1) is 24.0. The summed E-state index contributed by atoms with van der Waals surface area (Å²) in [6.45, 7) is -0.521. The van der Waals surface area contributed by atoms with E-state index in [0.29, 0.717) is 6.07 Å². The van der Waals surface area contributed by atoms with E-state index in [1.165, 1.54) is 42.2 Å². The minimum absolute atomic E-state index is 0.0137. The van der Waals surface area contributed by atoms with Crippen LogP contribution < -0.4 is 4.90 Å². The molecular weight excluding hydrogens is 490 g/mol. The van der Waals surface area contributed by atoms with Crippen LogP contribution in [0.2, 0.25) is 0 Å². The summed E-state index contributed by atoms with van der Waals surface area (Å²) in [5.74, 6) is -4.22. The zero-order chi connectivity index (χ0) is 26.0. The molecule has 1 atom stereocenters. The summed E-state index contributed by atoms with van der Waals surface area (Å²) in [5.41, 5.74) is -3.85. The van der Waals surface area contributed by atoms with E-state index in [0.717, 1.165) is 11.0 Å². The second-order valence-corrected chi connectivity index (χ2v) is 9.15. The standard InChI is InChI=1S/C24H18F6N4O2/c1-33-12-31-32-20(33)19(25)22(10-23(26,27)11-22)16-4-2-3-5-18(16)34-8-15-14(21(34)36)6-13(9-35)7-17(15)24(28,29)30/h2-7,9,12,19H,8,10-11H2,1H3. The van der Waals surface area contributed by atoms with E-state index in [-0.39, 0.29) is 40.1 Å². The number of fused-ring (bicyclic) bond motifs is 1. The lowest BCUT2D eigenvalue weighted by Gasteiger charge is -2.50. The van der Waals surface area contributed by atoms with Crippen LogP contribution in [0, 0.1) is 0 Å². The Hall–Kier alpha value is -3.70. The maximum Gasteiger partial charge on any atom is 0.416 e. The van der Waals surface area contributed by atoms with Crippen LogP contribution >= 0.6 is 0 Å². The lowest BCUT2D eigenvalue weighted by atomic mass is 9.58. The molecule has 0 radical (unpaired) electrons. The Morgan fingerprint density at radius 3 is 2.42 bits per heavy atom. The number of hydrogen-bond acceptors (Lipinski definition) is 4. The summed E-state index contributed by atoms with van der Waals surface area (Å²) in [6, 6.07) is 7.47. The van der Waals surface area contributed by atoms with Crippen molar-refractivity contribution in [3.05, 3.63) is 76.4 Å². The highest BCUT2D eigenvalue weighted by Crippen LogP contribution is 2.62. The molecule has 1 aromatic heterocycles. The predicted octanol–water partition coefficient (Wildman–Crippen LogP) is 5.18. The summed E-state index contributed by atoms with van der Waals surface area (Å²) < 4.78 is 86.9. The van der Waals surface area contributed by atoms with E-state index in [1.807, 2.05) is 0 Å². The molecule has 36 heavy (non-hydrogen) atoms. The zero-order valence-electron chi connectivity index (χ0n) is 18.7. The average Bonchev–Trinajstić information content (AvgIpc) is 3.38. The van der Waals surface area contributed by atoms with Crippen LogP contribution in [0.15, 0.2) is 42.7 Å². The molecule has 1 saturated carbocycles. The molecule has 2 heterocycles. The summed E-state index contributed by atoms with van der Waals surface area (Å²) in [4.78, 5) is 25.5. The number of nitrogens with zero attached hydrogens (tertiary/aromatic N) is 4. The Bertz CT molecular complexity index is 1380. The molecule has 188 valence electrons. The highest BCUT2D eigenvalue weighted by Gasteiger charge is 2.63. The van der Waals surface area contributed by atoms with Crippen LogP contribution in [-0.4, -0.2) is 32.9 Å². The number of aryl methyl sites for hydroxylation is 1. The van der Waals surface area contributed by atoms with Crippen LogP contribution in [0.4, 0.5) is 32.0 Å². The number of amides is 1. The van der Waals surface area contributed by atoms with E-state index in [1.54, 1.807) is 0 Å². The number of aromatic nitrogens is 3. The SMILES string of the molecule is Cn1cnnc1C(F)C1(c2ccccc2N2Cc3c(cc(C=O)cc3C(F)(F)F)C2=O)CC(F)(F)C1. The van der Waals surface area contributed by atoms with Crippen LogP contribution in [0.25, 0.3) is 0 Å². The number of carbonyl (C=O) groups excluding carboxylic acids is 2. The van der Waals surface area contributed by atoms with E-state index in [9.17, 15) is 31.5 Å². The van der Waals surface area contributed by atoms with Gasteiger partial charge < -0.3 is 9.47 Å². The van der Waals surface area contributed by atoms with Gasteiger partial charge in [0.15, 0.2) is 12.0 Å². The molecule has 5 rings (SSSR count). The van der Waals surface area contributed by atoms with Gasteiger partial charge in [0.05, 0.1) is 12.1 Å². The second kappa shape index (κ2) is 7.90. The van der Waals surface area contributed by atoms with Crippen molar-refractivity contribution in [3.8, 4) is 0 Å². The van der Waals surface area contributed by atoms with Gasteiger partial charge >= 0.3 is 6.18 Å². The highest BCUT2D eigenvalue weighted by atomic mass is 19.4. The Morgan fingerprint density at radius 1 is 1.14 bits per heavy atom. The monoisotopic (exact) mass is 508 g/mol. The van der Waals surface area contributed by atoms with Gasteiger partial charge in [0.2, 0.25) is 5.92 Å². The fourth-order valence-electron chi connectivity index (χ4n) is 5.22. The molecule has 0 bridgehead atoms. The number of aldehydes is 1. The third kappa shape index (κ3) is 3.58. The van der Waals surface area contributed by atoms with Crippen molar-refractivity contribution in [3.63, 3.8) is 0 Å². The molecule has 12 heteroatoms. The first-order valence-electron chi connectivity index (χ1n) is 10.8. The van der Waals surface area contributed by atoms with Crippen LogP contribution in [0.5, 0.6) is 0 Å². The summed E-state index contributed by atoms with van der Waals surface area (Å²) in [7, 11) is 1.46. The molecule has 1 amide bonds. The average molecular weight is 508 g/mol. The van der Waals surface area contributed by atoms with Crippen molar-refractivity contribution in [2.75, 3.05) is 4.90 Å². The fourth-order valence-corrected chi connectivity index (χ4v) is 5.22. The molecule has 2 aromatic carbocycles. The van der Waals surface area contributed by atoms with Crippen molar-refractivity contribution in [2.24, 2.45) is 7.05 Å². The van der Waals surface area contributed by atoms with Gasteiger partial charge in [-0.1, -0.05) is 18.2 Å². The molecule has 2 aliphatic rings.